The van der Waals surface area contributed by atoms with Gasteiger partial charge in [-0.1, -0.05) is 30.3 Å². The summed E-state index contributed by atoms with van der Waals surface area (Å²) in [4.78, 5) is 20.4. The number of hydrogen-bond donors (Lipinski definition) is 2. The van der Waals surface area contributed by atoms with Crippen molar-refractivity contribution >= 4 is 22.5 Å². The van der Waals surface area contributed by atoms with Crippen LogP contribution in [0.5, 0.6) is 0 Å². The van der Waals surface area contributed by atoms with Gasteiger partial charge >= 0.3 is 0 Å². The first-order valence-corrected chi connectivity index (χ1v) is 7.66. The molecule has 116 valence electrons. The number of imidazole rings is 1. The molecule has 0 radical (unpaired) electrons. The number of H-pyrrole nitrogens is 1. The van der Waals surface area contributed by atoms with Crippen molar-refractivity contribution in [2.45, 2.75) is 0 Å². The number of hydrogen-bond acceptors (Lipinski definition) is 3. The average molecular weight is 313 g/mol. The number of ketones is 1. The molecule has 0 bridgehead atoms. The van der Waals surface area contributed by atoms with E-state index >= 15 is 0 Å². The molecule has 0 aliphatic carbocycles. The van der Waals surface area contributed by atoms with E-state index in [1.165, 1.54) is 0 Å². The van der Waals surface area contributed by atoms with E-state index in [4.69, 9.17) is 5.73 Å². The number of nitrogen functional groups attached to an aromatic ring is 1. The van der Waals surface area contributed by atoms with Gasteiger partial charge in [-0.25, -0.2) is 4.98 Å². The molecule has 0 fully saturated rings. The summed E-state index contributed by atoms with van der Waals surface area (Å²) in [5.41, 5.74) is 10.4. The summed E-state index contributed by atoms with van der Waals surface area (Å²) >= 11 is 0. The fraction of sp³-hybridized carbons (Fsp3) is 0. The Hall–Kier alpha value is -3.40. The highest BCUT2D eigenvalue weighted by atomic mass is 16.1. The van der Waals surface area contributed by atoms with Crippen molar-refractivity contribution < 1.29 is 4.79 Å². The van der Waals surface area contributed by atoms with Crippen molar-refractivity contribution in [2.24, 2.45) is 0 Å². The van der Waals surface area contributed by atoms with E-state index in [1.54, 1.807) is 0 Å². The van der Waals surface area contributed by atoms with E-state index < -0.39 is 0 Å². The Morgan fingerprint density at radius 2 is 1.62 bits per heavy atom. The number of aromatic amines is 1. The van der Waals surface area contributed by atoms with Gasteiger partial charge in [-0.2, -0.15) is 0 Å². The Morgan fingerprint density at radius 3 is 2.38 bits per heavy atom. The quantitative estimate of drug-likeness (QED) is 0.443. The number of benzene rings is 3. The summed E-state index contributed by atoms with van der Waals surface area (Å²) in [5, 5.41) is 0. The van der Waals surface area contributed by atoms with Crippen molar-refractivity contribution in [3.8, 4) is 11.4 Å². The fourth-order valence-corrected chi connectivity index (χ4v) is 2.68. The number of nitrogens with one attached hydrogen (secondary N) is 1. The number of carbonyl (C=O) groups is 1. The lowest BCUT2D eigenvalue weighted by molar-refractivity contribution is 0.103. The normalized spacial score (nSPS) is 10.8. The average Bonchev–Trinajstić information content (AvgIpc) is 3.05. The number of carbonyl (C=O) groups excluding carboxylic acids is 1. The van der Waals surface area contributed by atoms with E-state index in [2.05, 4.69) is 9.97 Å². The highest BCUT2D eigenvalue weighted by molar-refractivity contribution is 6.10. The van der Waals surface area contributed by atoms with Crippen LogP contribution < -0.4 is 5.73 Å². The topological polar surface area (TPSA) is 71.8 Å². The molecule has 3 N–H and O–H groups in total. The predicted octanol–water partition coefficient (Wildman–Crippen LogP) is 4.04. The molecule has 0 atom stereocenters. The summed E-state index contributed by atoms with van der Waals surface area (Å²) < 4.78 is 0. The molecular weight excluding hydrogens is 298 g/mol. The van der Waals surface area contributed by atoms with Crippen molar-refractivity contribution in [3.05, 3.63) is 83.9 Å². The van der Waals surface area contributed by atoms with Gasteiger partial charge in [0.2, 0.25) is 0 Å². The third-order valence-corrected chi connectivity index (χ3v) is 3.97. The molecule has 1 heterocycles. The third-order valence-electron chi connectivity index (χ3n) is 3.97. The number of anilines is 1. The summed E-state index contributed by atoms with van der Waals surface area (Å²) in [7, 11) is 0. The van der Waals surface area contributed by atoms with Gasteiger partial charge in [0, 0.05) is 22.4 Å². The molecule has 1 aromatic heterocycles. The molecule has 4 heteroatoms. The Bertz CT molecular complexity index is 1020. The zero-order chi connectivity index (χ0) is 16.5. The van der Waals surface area contributed by atoms with E-state index in [0.717, 1.165) is 22.4 Å². The largest absolute Gasteiger partial charge is 0.399 e. The summed E-state index contributed by atoms with van der Waals surface area (Å²) in [6.45, 7) is 0. The van der Waals surface area contributed by atoms with E-state index in [9.17, 15) is 4.79 Å². The standard InChI is InChI=1S/C20H15N3O/c21-16-9-6-14(7-10-16)20-22-17-11-8-15(12-18(17)23-20)19(24)13-4-2-1-3-5-13/h1-12H,21H2,(H,22,23). The van der Waals surface area contributed by atoms with Crippen molar-refractivity contribution in [1.82, 2.24) is 9.97 Å². The van der Waals surface area contributed by atoms with E-state index in [-0.39, 0.29) is 5.78 Å². The minimum absolute atomic E-state index is 0.00506. The molecule has 24 heavy (non-hydrogen) atoms. The van der Waals surface area contributed by atoms with Gasteiger partial charge < -0.3 is 10.7 Å². The van der Waals surface area contributed by atoms with Crippen molar-refractivity contribution in [1.29, 1.82) is 0 Å². The minimum atomic E-state index is -0.00506. The lowest BCUT2D eigenvalue weighted by Gasteiger charge is -2.00. The van der Waals surface area contributed by atoms with Crippen LogP contribution in [0.15, 0.2) is 72.8 Å². The van der Waals surface area contributed by atoms with Crippen LogP contribution in [0.3, 0.4) is 0 Å². The summed E-state index contributed by atoms with van der Waals surface area (Å²) in [6.07, 6.45) is 0. The molecule has 0 unspecified atom stereocenters. The van der Waals surface area contributed by atoms with Crippen LogP contribution in [0.2, 0.25) is 0 Å². The first kappa shape index (κ1) is 14.2. The molecule has 3 aromatic carbocycles. The maximum Gasteiger partial charge on any atom is 0.193 e. The molecule has 4 nitrogen and oxygen atoms in total. The second-order valence-electron chi connectivity index (χ2n) is 5.63. The molecule has 0 saturated heterocycles. The maximum absolute atomic E-state index is 12.6. The zero-order valence-corrected chi connectivity index (χ0v) is 12.9. The van der Waals surface area contributed by atoms with Crippen LogP contribution in [-0.2, 0) is 0 Å². The second kappa shape index (κ2) is 5.66. The van der Waals surface area contributed by atoms with Gasteiger partial charge in [0.15, 0.2) is 5.78 Å². The fourth-order valence-electron chi connectivity index (χ4n) is 2.68. The molecule has 0 amide bonds. The van der Waals surface area contributed by atoms with Gasteiger partial charge in [-0.15, -0.1) is 0 Å². The Morgan fingerprint density at radius 1 is 0.875 bits per heavy atom. The van der Waals surface area contributed by atoms with Gasteiger partial charge in [0.25, 0.3) is 0 Å². The number of rotatable bonds is 3. The Kier molecular flexibility index (Phi) is 3.35. The number of nitrogens with zero attached hydrogens (tertiary/aromatic N) is 1. The van der Waals surface area contributed by atoms with Crippen LogP contribution in [-0.4, -0.2) is 15.8 Å². The van der Waals surface area contributed by atoms with Crippen LogP contribution in [0.1, 0.15) is 15.9 Å². The van der Waals surface area contributed by atoms with Crippen LogP contribution in [0.25, 0.3) is 22.4 Å². The molecule has 0 spiro atoms. The van der Waals surface area contributed by atoms with Crippen LogP contribution in [0, 0.1) is 0 Å². The number of nitrogens with two attached hydrogens (primary N) is 1. The molecular formula is C20H15N3O. The first-order valence-electron chi connectivity index (χ1n) is 7.66. The molecule has 4 rings (SSSR count). The highest BCUT2D eigenvalue weighted by Crippen LogP contribution is 2.23. The van der Waals surface area contributed by atoms with Gasteiger partial charge in [-0.3, -0.25) is 4.79 Å². The minimum Gasteiger partial charge on any atom is -0.399 e. The third kappa shape index (κ3) is 2.54. The van der Waals surface area contributed by atoms with Crippen LogP contribution >= 0.6 is 0 Å². The lowest BCUT2D eigenvalue weighted by Crippen LogP contribution is -2.00. The predicted molar refractivity (Wildman–Crippen MR) is 95.8 cm³/mol. The SMILES string of the molecule is Nc1ccc(-c2nc3cc(C(=O)c4ccccc4)ccc3[nH]2)cc1. The lowest BCUT2D eigenvalue weighted by atomic mass is 10.0. The first-order chi connectivity index (χ1) is 11.7. The molecule has 0 aliphatic heterocycles. The van der Waals surface area contributed by atoms with E-state index in [1.807, 2.05) is 72.8 Å². The van der Waals surface area contributed by atoms with Gasteiger partial charge in [0.1, 0.15) is 5.82 Å². The number of aromatic nitrogens is 2. The number of fused-ring (bicyclic) bond motifs is 1. The molecule has 0 saturated carbocycles. The van der Waals surface area contributed by atoms with Crippen molar-refractivity contribution in [3.63, 3.8) is 0 Å². The monoisotopic (exact) mass is 313 g/mol. The Balaban J connectivity index is 1.73. The maximum atomic E-state index is 12.6. The Labute approximate surface area is 139 Å². The highest BCUT2D eigenvalue weighted by Gasteiger charge is 2.11. The summed E-state index contributed by atoms with van der Waals surface area (Å²) in [5.74, 6) is 0.754. The molecule has 0 aliphatic rings. The van der Waals surface area contributed by atoms with E-state index in [0.29, 0.717) is 16.8 Å². The molecule has 4 aromatic rings. The smallest absolute Gasteiger partial charge is 0.193 e. The van der Waals surface area contributed by atoms with Crippen molar-refractivity contribution in [2.75, 3.05) is 5.73 Å². The zero-order valence-electron chi connectivity index (χ0n) is 12.9. The second-order valence-corrected chi connectivity index (χ2v) is 5.63. The van der Waals surface area contributed by atoms with Gasteiger partial charge in [0.05, 0.1) is 11.0 Å². The van der Waals surface area contributed by atoms with Crippen LogP contribution in [0.4, 0.5) is 5.69 Å². The van der Waals surface area contributed by atoms with Gasteiger partial charge in [-0.05, 0) is 42.5 Å². The summed E-state index contributed by atoms with van der Waals surface area (Å²) in [6, 6.07) is 22.3.